The lowest BCUT2D eigenvalue weighted by molar-refractivity contribution is 0.660. The summed E-state index contributed by atoms with van der Waals surface area (Å²) in [6, 6.07) is 8.58. The van der Waals surface area contributed by atoms with Crippen LogP contribution < -0.4 is 5.32 Å². The first-order valence-electron chi connectivity index (χ1n) is 5.27. The Labute approximate surface area is 94.6 Å². The average molecular weight is 220 g/mol. The SMILES string of the molecule is CCNCc1cccn1Cc1cccs1. The number of aromatic nitrogens is 1. The maximum atomic E-state index is 3.35. The van der Waals surface area contributed by atoms with E-state index in [9.17, 15) is 0 Å². The van der Waals surface area contributed by atoms with Crippen molar-refractivity contribution >= 4 is 11.3 Å². The van der Waals surface area contributed by atoms with Gasteiger partial charge in [0.1, 0.15) is 0 Å². The molecule has 15 heavy (non-hydrogen) atoms. The molecule has 0 fully saturated rings. The van der Waals surface area contributed by atoms with Crippen LogP contribution in [-0.4, -0.2) is 11.1 Å². The van der Waals surface area contributed by atoms with Crippen molar-refractivity contribution in [2.45, 2.75) is 20.0 Å². The zero-order valence-electron chi connectivity index (χ0n) is 8.94. The van der Waals surface area contributed by atoms with E-state index in [-0.39, 0.29) is 0 Å². The summed E-state index contributed by atoms with van der Waals surface area (Å²) >= 11 is 1.81. The molecular formula is C12H16N2S. The van der Waals surface area contributed by atoms with E-state index in [1.807, 2.05) is 11.3 Å². The summed E-state index contributed by atoms with van der Waals surface area (Å²) in [5.74, 6) is 0. The molecule has 80 valence electrons. The van der Waals surface area contributed by atoms with E-state index in [2.05, 4.69) is 52.7 Å². The summed E-state index contributed by atoms with van der Waals surface area (Å²) in [5, 5.41) is 5.48. The standard InChI is InChI=1S/C12H16N2S/c1-2-13-9-11-5-3-7-14(11)10-12-6-4-8-15-12/h3-8,13H,2,9-10H2,1H3. The summed E-state index contributed by atoms with van der Waals surface area (Å²) in [4.78, 5) is 1.41. The van der Waals surface area contributed by atoms with Gasteiger partial charge in [-0.1, -0.05) is 13.0 Å². The first kappa shape index (κ1) is 10.5. The van der Waals surface area contributed by atoms with E-state index in [0.717, 1.165) is 19.6 Å². The fraction of sp³-hybridized carbons (Fsp3) is 0.333. The van der Waals surface area contributed by atoms with Crippen molar-refractivity contribution in [1.29, 1.82) is 0 Å². The Bertz CT molecular complexity index is 389. The quantitative estimate of drug-likeness (QED) is 0.820. The van der Waals surface area contributed by atoms with Gasteiger partial charge in [0, 0.05) is 23.3 Å². The van der Waals surface area contributed by atoms with Gasteiger partial charge < -0.3 is 9.88 Å². The van der Waals surface area contributed by atoms with Gasteiger partial charge in [0.15, 0.2) is 0 Å². The molecule has 2 rings (SSSR count). The maximum Gasteiger partial charge on any atom is 0.0566 e. The Morgan fingerprint density at radius 3 is 3.00 bits per heavy atom. The molecule has 0 unspecified atom stereocenters. The molecule has 0 aliphatic rings. The average Bonchev–Trinajstić information content (AvgIpc) is 2.87. The summed E-state index contributed by atoms with van der Waals surface area (Å²) in [5.41, 5.74) is 1.35. The Morgan fingerprint density at radius 2 is 2.27 bits per heavy atom. The molecule has 0 bridgehead atoms. The highest BCUT2D eigenvalue weighted by Crippen LogP contribution is 2.12. The maximum absolute atomic E-state index is 3.35. The Morgan fingerprint density at radius 1 is 1.33 bits per heavy atom. The first-order chi connectivity index (χ1) is 7.40. The highest BCUT2D eigenvalue weighted by Gasteiger charge is 2.01. The Hall–Kier alpha value is -1.06. The van der Waals surface area contributed by atoms with Gasteiger partial charge in [-0.3, -0.25) is 0 Å². The van der Waals surface area contributed by atoms with Crippen molar-refractivity contribution in [3.8, 4) is 0 Å². The van der Waals surface area contributed by atoms with Gasteiger partial charge >= 0.3 is 0 Å². The minimum absolute atomic E-state index is 0.953. The van der Waals surface area contributed by atoms with Gasteiger partial charge in [-0.05, 0) is 30.1 Å². The van der Waals surface area contributed by atoms with Crippen molar-refractivity contribution in [2.75, 3.05) is 6.54 Å². The van der Waals surface area contributed by atoms with Crippen molar-refractivity contribution in [3.63, 3.8) is 0 Å². The highest BCUT2D eigenvalue weighted by molar-refractivity contribution is 7.09. The smallest absolute Gasteiger partial charge is 0.0566 e. The minimum Gasteiger partial charge on any atom is -0.345 e. The molecule has 0 atom stereocenters. The second kappa shape index (κ2) is 5.14. The number of nitrogens with one attached hydrogen (secondary N) is 1. The highest BCUT2D eigenvalue weighted by atomic mass is 32.1. The second-order valence-corrected chi connectivity index (χ2v) is 4.52. The topological polar surface area (TPSA) is 17.0 Å². The zero-order chi connectivity index (χ0) is 10.5. The molecule has 0 aliphatic heterocycles. The van der Waals surface area contributed by atoms with Crippen LogP contribution in [0.2, 0.25) is 0 Å². The summed E-state index contributed by atoms with van der Waals surface area (Å²) < 4.78 is 2.30. The summed E-state index contributed by atoms with van der Waals surface area (Å²) in [7, 11) is 0. The molecule has 0 saturated carbocycles. The molecular weight excluding hydrogens is 204 g/mol. The molecule has 0 amide bonds. The normalized spacial score (nSPS) is 10.7. The van der Waals surface area contributed by atoms with E-state index in [1.165, 1.54) is 10.6 Å². The van der Waals surface area contributed by atoms with Crippen molar-refractivity contribution in [3.05, 3.63) is 46.4 Å². The van der Waals surface area contributed by atoms with Gasteiger partial charge in [-0.15, -0.1) is 11.3 Å². The van der Waals surface area contributed by atoms with E-state index in [1.54, 1.807) is 0 Å². The molecule has 0 radical (unpaired) electrons. The molecule has 2 aromatic heterocycles. The number of hydrogen-bond acceptors (Lipinski definition) is 2. The third kappa shape index (κ3) is 2.70. The van der Waals surface area contributed by atoms with E-state index in [0.29, 0.717) is 0 Å². The predicted octanol–water partition coefficient (Wildman–Crippen LogP) is 2.71. The molecule has 3 heteroatoms. The number of hydrogen-bond donors (Lipinski definition) is 1. The van der Waals surface area contributed by atoms with Crippen LogP contribution >= 0.6 is 11.3 Å². The minimum atomic E-state index is 0.953. The molecule has 2 nitrogen and oxygen atoms in total. The fourth-order valence-corrected chi connectivity index (χ4v) is 2.29. The van der Waals surface area contributed by atoms with Gasteiger partial charge in [0.25, 0.3) is 0 Å². The van der Waals surface area contributed by atoms with Crippen molar-refractivity contribution in [2.24, 2.45) is 0 Å². The third-order valence-corrected chi connectivity index (χ3v) is 3.25. The number of rotatable bonds is 5. The van der Waals surface area contributed by atoms with Gasteiger partial charge in [0.05, 0.1) is 6.54 Å². The lowest BCUT2D eigenvalue weighted by atomic mass is 10.4. The largest absolute Gasteiger partial charge is 0.345 e. The van der Waals surface area contributed by atoms with Crippen LogP contribution in [0, 0.1) is 0 Å². The fourth-order valence-electron chi connectivity index (χ4n) is 1.59. The lowest BCUT2D eigenvalue weighted by Crippen LogP contribution is -2.15. The Kier molecular flexibility index (Phi) is 3.59. The third-order valence-electron chi connectivity index (χ3n) is 2.39. The monoisotopic (exact) mass is 220 g/mol. The van der Waals surface area contributed by atoms with E-state index < -0.39 is 0 Å². The lowest BCUT2D eigenvalue weighted by Gasteiger charge is -2.08. The summed E-state index contributed by atoms with van der Waals surface area (Å²) in [6.45, 7) is 5.09. The zero-order valence-corrected chi connectivity index (χ0v) is 9.76. The van der Waals surface area contributed by atoms with Gasteiger partial charge in [-0.2, -0.15) is 0 Å². The first-order valence-corrected chi connectivity index (χ1v) is 6.15. The van der Waals surface area contributed by atoms with Crippen LogP contribution in [0.15, 0.2) is 35.8 Å². The van der Waals surface area contributed by atoms with Crippen LogP contribution in [0.3, 0.4) is 0 Å². The molecule has 0 saturated heterocycles. The number of nitrogens with zero attached hydrogens (tertiary/aromatic N) is 1. The molecule has 2 aromatic rings. The van der Waals surface area contributed by atoms with E-state index >= 15 is 0 Å². The molecule has 1 N–H and O–H groups in total. The van der Waals surface area contributed by atoms with Crippen molar-refractivity contribution < 1.29 is 0 Å². The Balaban J connectivity index is 2.04. The van der Waals surface area contributed by atoms with Crippen molar-refractivity contribution in [1.82, 2.24) is 9.88 Å². The van der Waals surface area contributed by atoms with Crippen LogP contribution in [0.1, 0.15) is 17.5 Å². The van der Waals surface area contributed by atoms with Gasteiger partial charge in [0.2, 0.25) is 0 Å². The predicted molar refractivity (Wildman–Crippen MR) is 65.2 cm³/mol. The van der Waals surface area contributed by atoms with E-state index in [4.69, 9.17) is 0 Å². The van der Waals surface area contributed by atoms with Crippen LogP contribution in [-0.2, 0) is 13.1 Å². The van der Waals surface area contributed by atoms with Crippen LogP contribution in [0.25, 0.3) is 0 Å². The number of thiophene rings is 1. The van der Waals surface area contributed by atoms with Crippen LogP contribution in [0.4, 0.5) is 0 Å². The molecule has 0 aromatic carbocycles. The molecule has 2 heterocycles. The summed E-state index contributed by atoms with van der Waals surface area (Å²) in [6.07, 6.45) is 2.15. The van der Waals surface area contributed by atoms with Gasteiger partial charge in [-0.25, -0.2) is 0 Å². The molecule has 0 aliphatic carbocycles. The van der Waals surface area contributed by atoms with Crippen LogP contribution in [0.5, 0.6) is 0 Å². The molecule has 0 spiro atoms. The second-order valence-electron chi connectivity index (χ2n) is 3.49.